The average Bonchev–Trinajstić information content (AvgIpc) is 2.16. The van der Waals surface area contributed by atoms with Gasteiger partial charge in [0.2, 0.25) is 0 Å². The van der Waals surface area contributed by atoms with Gasteiger partial charge in [0.1, 0.15) is 5.60 Å². The van der Waals surface area contributed by atoms with Crippen molar-refractivity contribution in [3.63, 3.8) is 0 Å². The molecule has 1 aliphatic heterocycles. The van der Waals surface area contributed by atoms with E-state index in [1.807, 2.05) is 20.8 Å². The molecule has 0 aromatic rings. The van der Waals surface area contributed by atoms with Crippen LogP contribution in [0.15, 0.2) is 0 Å². The standard InChI is InChI=1S/C11H23N3O2/c1-11(2,3)16-10(15)14-7-5-4-6-9(14)8-13-12/h9,13H,4-8,12H2,1-3H3/t9-/m0/s1. The zero-order chi connectivity index (χ0) is 12.2. The summed E-state index contributed by atoms with van der Waals surface area (Å²) < 4.78 is 5.37. The number of hydrogen-bond donors (Lipinski definition) is 2. The molecule has 1 saturated heterocycles. The van der Waals surface area contributed by atoms with Gasteiger partial charge in [0.25, 0.3) is 0 Å². The SMILES string of the molecule is CC(C)(C)OC(=O)N1CCCC[C@H]1CNN. The highest BCUT2D eigenvalue weighted by molar-refractivity contribution is 5.68. The first-order valence-corrected chi connectivity index (χ1v) is 5.87. The van der Waals surface area contributed by atoms with E-state index in [0.717, 1.165) is 25.8 Å². The maximum atomic E-state index is 11.9. The van der Waals surface area contributed by atoms with Crippen molar-refractivity contribution in [2.75, 3.05) is 13.1 Å². The van der Waals surface area contributed by atoms with Crippen molar-refractivity contribution < 1.29 is 9.53 Å². The van der Waals surface area contributed by atoms with Crippen LogP contribution in [0.2, 0.25) is 0 Å². The van der Waals surface area contributed by atoms with Gasteiger partial charge in [-0.3, -0.25) is 11.3 Å². The van der Waals surface area contributed by atoms with Crippen LogP contribution in [0.4, 0.5) is 4.79 Å². The summed E-state index contributed by atoms with van der Waals surface area (Å²) >= 11 is 0. The number of carbonyl (C=O) groups is 1. The number of carbonyl (C=O) groups excluding carboxylic acids is 1. The van der Waals surface area contributed by atoms with E-state index in [4.69, 9.17) is 10.6 Å². The van der Waals surface area contributed by atoms with E-state index in [0.29, 0.717) is 6.54 Å². The maximum absolute atomic E-state index is 11.9. The lowest BCUT2D eigenvalue weighted by Gasteiger charge is -2.36. The lowest BCUT2D eigenvalue weighted by molar-refractivity contribution is 0.01000. The summed E-state index contributed by atoms with van der Waals surface area (Å²) in [6.45, 7) is 7.03. The normalized spacial score (nSPS) is 22.0. The summed E-state index contributed by atoms with van der Waals surface area (Å²) in [6.07, 6.45) is 2.95. The summed E-state index contributed by atoms with van der Waals surface area (Å²) in [5.74, 6) is 5.32. The van der Waals surface area contributed by atoms with Crippen LogP contribution in [0.3, 0.4) is 0 Å². The zero-order valence-electron chi connectivity index (χ0n) is 10.5. The fourth-order valence-electron chi connectivity index (χ4n) is 1.91. The number of rotatable bonds is 2. The summed E-state index contributed by atoms with van der Waals surface area (Å²) in [5.41, 5.74) is 2.20. The van der Waals surface area contributed by atoms with Crippen molar-refractivity contribution in [2.24, 2.45) is 5.84 Å². The van der Waals surface area contributed by atoms with Crippen LogP contribution in [0, 0.1) is 0 Å². The quantitative estimate of drug-likeness (QED) is 0.552. The number of nitrogens with zero attached hydrogens (tertiary/aromatic N) is 1. The van der Waals surface area contributed by atoms with Crippen LogP contribution < -0.4 is 11.3 Å². The summed E-state index contributed by atoms with van der Waals surface area (Å²) in [5, 5.41) is 0. The fraction of sp³-hybridized carbons (Fsp3) is 0.909. The Hall–Kier alpha value is -0.810. The number of hydrazine groups is 1. The first-order chi connectivity index (χ1) is 7.44. The molecule has 0 bridgehead atoms. The van der Waals surface area contributed by atoms with Crippen molar-refractivity contribution >= 4 is 6.09 Å². The van der Waals surface area contributed by atoms with E-state index in [1.165, 1.54) is 0 Å². The third-order valence-corrected chi connectivity index (χ3v) is 2.61. The first-order valence-electron chi connectivity index (χ1n) is 5.87. The fourth-order valence-corrected chi connectivity index (χ4v) is 1.91. The molecule has 0 spiro atoms. The van der Waals surface area contributed by atoms with E-state index in [9.17, 15) is 4.79 Å². The lowest BCUT2D eigenvalue weighted by Crippen LogP contribution is -2.51. The van der Waals surface area contributed by atoms with Gasteiger partial charge in [-0.2, -0.15) is 0 Å². The van der Waals surface area contributed by atoms with Crippen molar-refractivity contribution in [1.82, 2.24) is 10.3 Å². The highest BCUT2D eigenvalue weighted by Crippen LogP contribution is 2.19. The minimum Gasteiger partial charge on any atom is -0.444 e. The molecule has 1 aliphatic rings. The molecule has 0 aromatic heterocycles. The number of piperidine rings is 1. The van der Waals surface area contributed by atoms with Gasteiger partial charge in [0.05, 0.1) is 0 Å². The Balaban J connectivity index is 2.57. The molecule has 1 amide bonds. The predicted octanol–water partition coefficient (Wildman–Crippen LogP) is 1.24. The molecule has 0 aromatic carbocycles. The molecular weight excluding hydrogens is 206 g/mol. The zero-order valence-corrected chi connectivity index (χ0v) is 10.5. The molecule has 0 aliphatic carbocycles. The predicted molar refractivity (Wildman–Crippen MR) is 62.8 cm³/mol. The molecule has 5 nitrogen and oxygen atoms in total. The summed E-state index contributed by atoms with van der Waals surface area (Å²) in [7, 11) is 0. The minimum atomic E-state index is -0.435. The summed E-state index contributed by atoms with van der Waals surface area (Å²) in [4.78, 5) is 13.7. The Morgan fingerprint density at radius 1 is 1.50 bits per heavy atom. The van der Waals surface area contributed by atoms with Gasteiger partial charge in [0, 0.05) is 19.1 Å². The molecule has 5 heteroatoms. The summed E-state index contributed by atoms with van der Waals surface area (Å²) in [6, 6.07) is 0.161. The van der Waals surface area contributed by atoms with Crippen LogP contribution in [0.1, 0.15) is 40.0 Å². The van der Waals surface area contributed by atoms with Crippen molar-refractivity contribution in [3.05, 3.63) is 0 Å². The van der Waals surface area contributed by atoms with E-state index < -0.39 is 5.60 Å². The Morgan fingerprint density at radius 2 is 2.19 bits per heavy atom. The Kier molecular flexibility index (Phi) is 4.56. The number of likely N-dealkylation sites (tertiary alicyclic amines) is 1. The molecule has 0 saturated carbocycles. The molecular formula is C11H23N3O2. The molecule has 1 fully saturated rings. The van der Waals surface area contributed by atoms with Crippen molar-refractivity contribution in [3.8, 4) is 0 Å². The molecule has 0 radical (unpaired) electrons. The molecule has 0 unspecified atom stereocenters. The molecule has 3 N–H and O–H groups in total. The van der Waals surface area contributed by atoms with Gasteiger partial charge in [-0.05, 0) is 40.0 Å². The number of ether oxygens (including phenoxy) is 1. The van der Waals surface area contributed by atoms with Gasteiger partial charge < -0.3 is 9.64 Å². The molecule has 1 heterocycles. The average molecular weight is 229 g/mol. The van der Waals surface area contributed by atoms with Gasteiger partial charge in [-0.15, -0.1) is 0 Å². The lowest BCUT2D eigenvalue weighted by atomic mass is 10.0. The van der Waals surface area contributed by atoms with E-state index in [2.05, 4.69) is 5.43 Å². The van der Waals surface area contributed by atoms with E-state index >= 15 is 0 Å². The van der Waals surface area contributed by atoms with Crippen LogP contribution in [-0.2, 0) is 4.74 Å². The Morgan fingerprint density at radius 3 is 2.75 bits per heavy atom. The number of hydrogen-bond acceptors (Lipinski definition) is 4. The minimum absolute atomic E-state index is 0.161. The highest BCUT2D eigenvalue weighted by atomic mass is 16.6. The van der Waals surface area contributed by atoms with E-state index in [-0.39, 0.29) is 12.1 Å². The molecule has 1 atom stereocenters. The van der Waals surface area contributed by atoms with E-state index in [1.54, 1.807) is 4.90 Å². The maximum Gasteiger partial charge on any atom is 0.410 e. The largest absolute Gasteiger partial charge is 0.444 e. The molecule has 94 valence electrons. The monoisotopic (exact) mass is 229 g/mol. The number of nitrogens with one attached hydrogen (secondary N) is 1. The number of nitrogens with two attached hydrogens (primary N) is 1. The van der Waals surface area contributed by atoms with Gasteiger partial charge in [0.15, 0.2) is 0 Å². The van der Waals surface area contributed by atoms with Crippen LogP contribution >= 0.6 is 0 Å². The highest BCUT2D eigenvalue weighted by Gasteiger charge is 2.29. The Labute approximate surface area is 97.3 Å². The Bertz CT molecular complexity index is 236. The van der Waals surface area contributed by atoms with Crippen LogP contribution in [0.5, 0.6) is 0 Å². The van der Waals surface area contributed by atoms with Crippen molar-refractivity contribution in [1.29, 1.82) is 0 Å². The molecule has 16 heavy (non-hydrogen) atoms. The first kappa shape index (κ1) is 13.3. The van der Waals surface area contributed by atoms with Gasteiger partial charge >= 0.3 is 6.09 Å². The second-order valence-electron chi connectivity index (χ2n) is 5.23. The van der Waals surface area contributed by atoms with Crippen LogP contribution in [-0.4, -0.2) is 35.7 Å². The number of amides is 1. The second-order valence-corrected chi connectivity index (χ2v) is 5.23. The third kappa shape index (κ3) is 3.98. The topological polar surface area (TPSA) is 67.6 Å². The van der Waals surface area contributed by atoms with Crippen LogP contribution in [0.25, 0.3) is 0 Å². The van der Waals surface area contributed by atoms with Gasteiger partial charge in [-0.1, -0.05) is 0 Å². The third-order valence-electron chi connectivity index (χ3n) is 2.61. The smallest absolute Gasteiger partial charge is 0.410 e. The molecule has 1 rings (SSSR count). The van der Waals surface area contributed by atoms with Gasteiger partial charge in [-0.25, -0.2) is 4.79 Å². The second kappa shape index (κ2) is 5.50. The van der Waals surface area contributed by atoms with Crippen molar-refractivity contribution in [2.45, 2.75) is 51.7 Å².